The lowest BCUT2D eigenvalue weighted by Crippen LogP contribution is -2.35. The van der Waals surface area contributed by atoms with Gasteiger partial charge in [0.25, 0.3) is 0 Å². The van der Waals surface area contributed by atoms with Crippen molar-refractivity contribution in [2.24, 2.45) is 0 Å². The molecule has 0 saturated carbocycles. The van der Waals surface area contributed by atoms with Gasteiger partial charge in [0.2, 0.25) is 5.88 Å². The van der Waals surface area contributed by atoms with Crippen molar-refractivity contribution in [3.8, 4) is 5.88 Å². The Morgan fingerprint density at radius 2 is 2.22 bits per heavy atom. The minimum absolute atomic E-state index is 0.137. The third-order valence-corrected chi connectivity index (χ3v) is 2.53. The first-order valence-electron chi connectivity index (χ1n) is 6.27. The van der Waals surface area contributed by atoms with E-state index in [1.54, 1.807) is 19.4 Å². The lowest BCUT2D eigenvalue weighted by atomic mass is 10.2. The second-order valence-electron chi connectivity index (χ2n) is 4.02. The fraction of sp³-hybridized carbons (Fsp3) is 0.538. The Morgan fingerprint density at radius 1 is 1.39 bits per heavy atom. The molecule has 5 nitrogen and oxygen atoms in total. The van der Waals surface area contributed by atoms with Crippen molar-refractivity contribution in [3.05, 3.63) is 23.9 Å². The van der Waals surface area contributed by atoms with Crippen molar-refractivity contribution in [2.45, 2.75) is 32.7 Å². The van der Waals surface area contributed by atoms with Gasteiger partial charge in [0, 0.05) is 25.4 Å². The molecule has 0 spiro atoms. The van der Waals surface area contributed by atoms with Crippen LogP contribution in [0.15, 0.2) is 18.3 Å². The Balaban J connectivity index is 2.24. The molecule has 0 aromatic carbocycles. The first-order chi connectivity index (χ1) is 8.76. The molecule has 18 heavy (non-hydrogen) atoms. The van der Waals surface area contributed by atoms with E-state index >= 15 is 0 Å². The minimum atomic E-state index is -0.137. The highest BCUT2D eigenvalue weighted by atomic mass is 16.5. The monoisotopic (exact) mass is 251 g/mol. The lowest BCUT2D eigenvalue weighted by molar-refractivity contribution is 0.240. The summed E-state index contributed by atoms with van der Waals surface area (Å²) >= 11 is 0. The predicted molar refractivity (Wildman–Crippen MR) is 70.6 cm³/mol. The van der Waals surface area contributed by atoms with Crippen LogP contribution in [0.5, 0.6) is 5.88 Å². The van der Waals surface area contributed by atoms with Crippen molar-refractivity contribution >= 4 is 6.03 Å². The Morgan fingerprint density at radius 3 is 2.94 bits per heavy atom. The number of carbonyl (C=O) groups excluding carboxylic acids is 1. The summed E-state index contributed by atoms with van der Waals surface area (Å²) in [5.41, 5.74) is 0.963. The van der Waals surface area contributed by atoms with Gasteiger partial charge in [-0.15, -0.1) is 0 Å². The number of ether oxygens (including phenoxy) is 1. The summed E-state index contributed by atoms with van der Waals surface area (Å²) in [6, 6.07) is 3.51. The van der Waals surface area contributed by atoms with Crippen LogP contribution < -0.4 is 15.4 Å². The predicted octanol–water partition coefficient (Wildman–Crippen LogP) is 2.08. The topological polar surface area (TPSA) is 63.2 Å². The SMILES string of the molecule is CCCCCNC(=O)NCc1ccnc(OC)c1. The van der Waals surface area contributed by atoms with Crippen LogP contribution in [0, 0.1) is 0 Å². The number of hydrogen-bond donors (Lipinski definition) is 2. The molecule has 1 rings (SSSR count). The zero-order valence-electron chi connectivity index (χ0n) is 11.0. The number of unbranched alkanes of at least 4 members (excludes halogenated alkanes) is 2. The van der Waals surface area contributed by atoms with Crippen LogP contribution in [0.25, 0.3) is 0 Å². The van der Waals surface area contributed by atoms with Gasteiger partial charge in [-0.2, -0.15) is 0 Å². The minimum Gasteiger partial charge on any atom is -0.481 e. The van der Waals surface area contributed by atoms with E-state index in [4.69, 9.17) is 4.74 Å². The lowest BCUT2D eigenvalue weighted by Gasteiger charge is -2.08. The molecule has 0 aliphatic heterocycles. The molecule has 5 heteroatoms. The van der Waals surface area contributed by atoms with E-state index in [2.05, 4.69) is 22.5 Å². The molecule has 2 N–H and O–H groups in total. The maximum Gasteiger partial charge on any atom is 0.315 e. The summed E-state index contributed by atoms with van der Waals surface area (Å²) in [5.74, 6) is 0.553. The maximum atomic E-state index is 11.5. The first kappa shape index (κ1) is 14.3. The van der Waals surface area contributed by atoms with Crippen LogP contribution in [0.1, 0.15) is 31.7 Å². The number of methoxy groups -OCH3 is 1. The molecule has 0 atom stereocenters. The molecule has 0 radical (unpaired) electrons. The number of nitrogens with zero attached hydrogens (tertiary/aromatic N) is 1. The number of pyridine rings is 1. The van der Waals surface area contributed by atoms with Crippen molar-refractivity contribution in [3.63, 3.8) is 0 Å². The van der Waals surface area contributed by atoms with Gasteiger partial charge in [-0.25, -0.2) is 9.78 Å². The molecule has 0 unspecified atom stereocenters. The largest absolute Gasteiger partial charge is 0.481 e. The number of urea groups is 1. The zero-order chi connectivity index (χ0) is 13.2. The highest BCUT2D eigenvalue weighted by Crippen LogP contribution is 2.07. The molecule has 0 fully saturated rings. The van der Waals surface area contributed by atoms with E-state index in [1.165, 1.54) is 0 Å². The quantitative estimate of drug-likeness (QED) is 0.729. The van der Waals surface area contributed by atoms with Crippen molar-refractivity contribution < 1.29 is 9.53 Å². The number of nitrogens with one attached hydrogen (secondary N) is 2. The molecule has 2 amide bonds. The Kier molecular flexibility index (Phi) is 6.61. The summed E-state index contributed by atoms with van der Waals surface area (Å²) in [6.07, 6.45) is 4.98. The summed E-state index contributed by atoms with van der Waals surface area (Å²) in [6.45, 7) is 3.33. The van der Waals surface area contributed by atoms with E-state index in [1.807, 2.05) is 6.07 Å². The van der Waals surface area contributed by atoms with Crippen molar-refractivity contribution in [2.75, 3.05) is 13.7 Å². The van der Waals surface area contributed by atoms with Gasteiger partial charge in [0.1, 0.15) is 0 Å². The molecule has 1 aromatic rings. The number of rotatable bonds is 7. The second-order valence-corrected chi connectivity index (χ2v) is 4.02. The molecular weight excluding hydrogens is 230 g/mol. The average Bonchev–Trinajstić information content (AvgIpc) is 2.41. The molecule has 0 aliphatic carbocycles. The van der Waals surface area contributed by atoms with E-state index in [0.29, 0.717) is 12.4 Å². The van der Waals surface area contributed by atoms with Gasteiger partial charge < -0.3 is 15.4 Å². The average molecular weight is 251 g/mol. The van der Waals surface area contributed by atoms with Crippen molar-refractivity contribution in [1.29, 1.82) is 0 Å². The highest BCUT2D eigenvalue weighted by Gasteiger charge is 2.01. The standard InChI is InChI=1S/C13H21N3O2/c1-3-4-5-7-15-13(17)16-10-11-6-8-14-12(9-11)18-2/h6,8-9H,3-5,7,10H2,1-2H3,(H2,15,16,17). The van der Waals surface area contributed by atoms with Crippen LogP contribution in [0.3, 0.4) is 0 Å². The smallest absolute Gasteiger partial charge is 0.315 e. The number of hydrogen-bond acceptors (Lipinski definition) is 3. The van der Waals surface area contributed by atoms with Crippen LogP contribution in [0.4, 0.5) is 4.79 Å². The van der Waals surface area contributed by atoms with Crippen LogP contribution in [-0.4, -0.2) is 24.7 Å². The van der Waals surface area contributed by atoms with E-state index < -0.39 is 0 Å². The maximum absolute atomic E-state index is 11.5. The van der Waals surface area contributed by atoms with Gasteiger partial charge in [-0.3, -0.25) is 0 Å². The summed E-state index contributed by atoms with van der Waals surface area (Å²) in [5, 5.41) is 5.61. The number of amides is 2. The molecule has 0 aliphatic rings. The Hall–Kier alpha value is -1.78. The van der Waals surface area contributed by atoms with Gasteiger partial charge in [-0.05, 0) is 18.1 Å². The van der Waals surface area contributed by atoms with Crippen molar-refractivity contribution in [1.82, 2.24) is 15.6 Å². The normalized spacial score (nSPS) is 9.89. The number of carbonyl (C=O) groups is 1. The van der Waals surface area contributed by atoms with E-state index in [9.17, 15) is 4.79 Å². The fourth-order valence-electron chi connectivity index (χ4n) is 1.49. The van der Waals surface area contributed by atoms with Gasteiger partial charge in [0.15, 0.2) is 0 Å². The van der Waals surface area contributed by atoms with Gasteiger partial charge >= 0.3 is 6.03 Å². The van der Waals surface area contributed by atoms with Crippen LogP contribution in [-0.2, 0) is 6.54 Å². The molecule has 1 heterocycles. The van der Waals surface area contributed by atoms with Crippen LogP contribution in [0.2, 0.25) is 0 Å². The second kappa shape index (κ2) is 8.33. The third kappa shape index (κ3) is 5.52. The highest BCUT2D eigenvalue weighted by molar-refractivity contribution is 5.73. The fourth-order valence-corrected chi connectivity index (χ4v) is 1.49. The van der Waals surface area contributed by atoms with E-state index in [0.717, 1.165) is 31.4 Å². The number of aromatic nitrogens is 1. The summed E-state index contributed by atoms with van der Waals surface area (Å²) in [4.78, 5) is 15.5. The van der Waals surface area contributed by atoms with Gasteiger partial charge in [0.05, 0.1) is 7.11 Å². The first-order valence-corrected chi connectivity index (χ1v) is 6.27. The van der Waals surface area contributed by atoms with Gasteiger partial charge in [-0.1, -0.05) is 19.8 Å². The Labute approximate surface area is 108 Å². The van der Waals surface area contributed by atoms with E-state index in [-0.39, 0.29) is 6.03 Å². The summed E-state index contributed by atoms with van der Waals surface area (Å²) < 4.78 is 5.01. The zero-order valence-corrected chi connectivity index (χ0v) is 11.0. The summed E-state index contributed by atoms with van der Waals surface area (Å²) in [7, 11) is 1.57. The molecule has 100 valence electrons. The molecule has 0 saturated heterocycles. The molecule has 1 aromatic heterocycles. The molecular formula is C13H21N3O2. The molecule has 0 bridgehead atoms. The Bertz CT molecular complexity index is 369. The third-order valence-electron chi connectivity index (χ3n) is 2.53. The van der Waals surface area contributed by atoms with Crippen LogP contribution >= 0.6 is 0 Å².